The average Bonchev–Trinajstić information content (AvgIpc) is 2.79. The van der Waals surface area contributed by atoms with Gasteiger partial charge >= 0.3 is 0 Å². The highest BCUT2D eigenvalue weighted by molar-refractivity contribution is 7.89. The maximum atomic E-state index is 13.0. The van der Waals surface area contributed by atoms with Gasteiger partial charge in [-0.2, -0.15) is 4.31 Å². The molecule has 1 aromatic carbocycles. The molecule has 166 valence electrons. The minimum absolute atomic E-state index is 0.0643. The van der Waals surface area contributed by atoms with Crippen molar-refractivity contribution in [3.05, 3.63) is 48.7 Å². The number of sulfonamides is 1. The van der Waals surface area contributed by atoms with Gasteiger partial charge in [0.2, 0.25) is 21.8 Å². The fraction of sp³-hybridized carbons (Fsp3) is 0.381. The van der Waals surface area contributed by atoms with Crippen LogP contribution < -0.4 is 15.4 Å². The number of carbonyl (C=O) groups is 2. The van der Waals surface area contributed by atoms with E-state index in [0.29, 0.717) is 31.0 Å². The van der Waals surface area contributed by atoms with Crippen molar-refractivity contribution >= 4 is 27.7 Å². The molecule has 31 heavy (non-hydrogen) atoms. The molecule has 1 aliphatic rings. The molecule has 2 aromatic rings. The number of rotatable bonds is 7. The van der Waals surface area contributed by atoms with E-state index in [0.717, 1.165) is 0 Å². The molecule has 2 amide bonds. The number of benzene rings is 1. The molecule has 1 aliphatic heterocycles. The second-order valence-electron chi connectivity index (χ2n) is 7.31. The fourth-order valence-corrected chi connectivity index (χ4v) is 4.86. The topological polar surface area (TPSA) is 118 Å². The van der Waals surface area contributed by atoms with E-state index < -0.39 is 27.9 Å². The van der Waals surface area contributed by atoms with Crippen LogP contribution in [0.15, 0.2) is 53.6 Å². The molecule has 9 nitrogen and oxygen atoms in total. The van der Waals surface area contributed by atoms with Crippen LogP contribution in [0.5, 0.6) is 5.75 Å². The zero-order valence-electron chi connectivity index (χ0n) is 17.4. The molecule has 0 spiro atoms. The van der Waals surface area contributed by atoms with Crippen LogP contribution in [-0.4, -0.2) is 55.8 Å². The van der Waals surface area contributed by atoms with Crippen molar-refractivity contribution in [2.24, 2.45) is 5.92 Å². The number of piperidine rings is 1. The molecule has 10 heteroatoms. The summed E-state index contributed by atoms with van der Waals surface area (Å²) >= 11 is 0. The molecule has 2 N–H and O–H groups in total. The standard InChI is InChI=1S/C21H26N4O5S/c1-15(20(26)24-19-7-3-4-12-22-19)23-21(27)16-6-5-13-25(14-16)31(28,29)18-10-8-17(30-2)9-11-18/h3-4,7-12,15-16H,5-6,13-14H2,1-2H3,(H,23,27)(H,22,24,26)/t15-,16+/m0/s1. The summed E-state index contributed by atoms with van der Waals surface area (Å²) in [4.78, 5) is 29.2. The minimum Gasteiger partial charge on any atom is -0.497 e. The number of carbonyl (C=O) groups excluding carboxylic acids is 2. The van der Waals surface area contributed by atoms with Crippen molar-refractivity contribution in [2.45, 2.75) is 30.7 Å². The number of ether oxygens (including phenoxy) is 1. The van der Waals surface area contributed by atoms with Crippen LogP contribution in [0, 0.1) is 5.92 Å². The van der Waals surface area contributed by atoms with E-state index in [9.17, 15) is 18.0 Å². The summed E-state index contributed by atoms with van der Waals surface area (Å²) in [6, 6.07) is 10.5. The highest BCUT2D eigenvalue weighted by Crippen LogP contribution is 2.25. The summed E-state index contributed by atoms with van der Waals surface area (Å²) < 4.78 is 32.3. The monoisotopic (exact) mass is 446 g/mol. The number of methoxy groups -OCH3 is 1. The van der Waals surface area contributed by atoms with Crippen molar-refractivity contribution in [1.82, 2.24) is 14.6 Å². The van der Waals surface area contributed by atoms with E-state index in [2.05, 4.69) is 15.6 Å². The maximum Gasteiger partial charge on any atom is 0.247 e. The van der Waals surface area contributed by atoms with Gasteiger partial charge in [-0.25, -0.2) is 13.4 Å². The highest BCUT2D eigenvalue weighted by Gasteiger charge is 2.34. The zero-order valence-corrected chi connectivity index (χ0v) is 18.3. The van der Waals surface area contributed by atoms with E-state index in [1.54, 1.807) is 43.5 Å². The van der Waals surface area contributed by atoms with Crippen molar-refractivity contribution in [3.8, 4) is 5.75 Å². The molecule has 1 aromatic heterocycles. The minimum atomic E-state index is -3.73. The first-order valence-electron chi connectivity index (χ1n) is 9.97. The number of hydrogen-bond donors (Lipinski definition) is 2. The molecule has 0 unspecified atom stereocenters. The molecule has 3 rings (SSSR count). The molecule has 0 aliphatic carbocycles. The third-order valence-corrected chi connectivity index (χ3v) is 7.00. The molecule has 2 heterocycles. The van der Waals surface area contributed by atoms with Crippen LogP contribution in [0.3, 0.4) is 0 Å². The Morgan fingerprint density at radius 2 is 1.94 bits per heavy atom. The van der Waals surface area contributed by atoms with E-state index in [1.807, 2.05) is 0 Å². The quantitative estimate of drug-likeness (QED) is 0.668. The third kappa shape index (κ3) is 5.59. The van der Waals surface area contributed by atoms with Gasteiger partial charge in [0.15, 0.2) is 0 Å². The molecule has 1 saturated heterocycles. The lowest BCUT2D eigenvalue weighted by Crippen LogP contribution is -2.49. The van der Waals surface area contributed by atoms with Crippen LogP contribution in [-0.2, 0) is 19.6 Å². The zero-order chi connectivity index (χ0) is 22.4. The Balaban J connectivity index is 1.61. The Bertz CT molecular complexity index is 1010. The predicted molar refractivity (Wildman–Crippen MR) is 115 cm³/mol. The number of pyridine rings is 1. The van der Waals surface area contributed by atoms with Crippen molar-refractivity contribution in [3.63, 3.8) is 0 Å². The first-order chi connectivity index (χ1) is 14.8. The average molecular weight is 447 g/mol. The molecular formula is C21H26N4O5S. The van der Waals surface area contributed by atoms with Gasteiger partial charge in [0.05, 0.1) is 17.9 Å². The molecule has 2 atom stereocenters. The lowest BCUT2D eigenvalue weighted by molar-refractivity contribution is -0.129. The van der Waals surface area contributed by atoms with Gasteiger partial charge in [-0.3, -0.25) is 9.59 Å². The van der Waals surface area contributed by atoms with Gasteiger partial charge in [0.1, 0.15) is 17.6 Å². The summed E-state index contributed by atoms with van der Waals surface area (Å²) in [7, 11) is -2.22. The third-order valence-electron chi connectivity index (χ3n) is 5.12. The second kappa shape index (κ2) is 9.88. The van der Waals surface area contributed by atoms with Gasteiger partial charge in [-0.1, -0.05) is 6.07 Å². The predicted octanol–water partition coefficient (Wildman–Crippen LogP) is 1.63. The van der Waals surface area contributed by atoms with Crippen molar-refractivity contribution in [2.75, 3.05) is 25.5 Å². The Morgan fingerprint density at radius 3 is 2.58 bits per heavy atom. The van der Waals surface area contributed by atoms with E-state index in [-0.39, 0.29) is 17.3 Å². The first kappa shape index (κ1) is 22.7. The summed E-state index contributed by atoms with van der Waals surface area (Å²) in [6.45, 7) is 1.98. The lowest BCUT2D eigenvalue weighted by Gasteiger charge is -2.31. The van der Waals surface area contributed by atoms with Gasteiger partial charge < -0.3 is 15.4 Å². The normalized spacial score (nSPS) is 18.1. The Kier molecular flexibility index (Phi) is 7.24. The fourth-order valence-electron chi connectivity index (χ4n) is 3.34. The number of nitrogens with one attached hydrogen (secondary N) is 2. The van der Waals surface area contributed by atoms with Crippen LogP contribution in [0.4, 0.5) is 5.82 Å². The van der Waals surface area contributed by atoms with Crippen LogP contribution in [0.1, 0.15) is 19.8 Å². The Morgan fingerprint density at radius 1 is 1.19 bits per heavy atom. The Labute approximate surface area is 181 Å². The Hall–Kier alpha value is -2.98. The first-order valence-corrected chi connectivity index (χ1v) is 11.4. The summed E-state index contributed by atoms with van der Waals surface area (Å²) in [5.74, 6) is -0.327. The van der Waals surface area contributed by atoms with E-state index in [4.69, 9.17) is 4.74 Å². The van der Waals surface area contributed by atoms with E-state index in [1.165, 1.54) is 23.5 Å². The molecule has 0 bridgehead atoms. The molecule has 1 fully saturated rings. The molecule has 0 radical (unpaired) electrons. The van der Waals surface area contributed by atoms with Gasteiger partial charge in [-0.05, 0) is 56.2 Å². The number of hydrogen-bond acceptors (Lipinski definition) is 6. The number of nitrogens with zero attached hydrogens (tertiary/aromatic N) is 2. The second-order valence-corrected chi connectivity index (χ2v) is 9.25. The smallest absolute Gasteiger partial charge is 0.247 e. The summed E-state index contributed by atoms with van der Waals surface area (Å²) in [5, 5.41) is 5.31. The van der Waals surface area contributed by atoms with Crippen LogP contribution in [0.25, 0.3) is 0 Å². The van der Waals surface area contributed by atoms with E-state index >= 15 is 0 Å². The number of anilines is 1. The van der Waals surface area contributed by atoms with Gasteiger partial charge in [0, 0.05) is 19.3 Å². The maximum absolute atomic E-state index is 13.0. The summed E-state index contributed by atoms with van der Waals surface area (Å²) in [6.07, 6.45) is 2.66. The lowest BCUT2D eigenvalue weighted by atomic mass is 9.98. The highest BCUT2D eigenvalue weighted by atomic mass is 32.2. The number of amides is 2. The van der Waals surface area contributed by atoms with Crippen molar-refractivity contribution in [1.29, 1.82) is 0 Å². The molecular weight excluding hydrogens is 420 g/mol. The van der Waals surface area contributed by atoms with Gasteiger partial charge in [0.25, 0.3) is 0 Å². The SMILES string of the molecule is COc1ccc(S(=O)(=O)N2CCC[C@@H](C(=O)N[C@@H](C)C(=O)Nc3ccccn3)C2)cc1. The van der Waals surface area contributed by atoms with Crippen LogP contribution >= 0.6 is 0 Å². The summed E-state index contributed by atoms with van der Waals surface area (Å²) in [5.41, 5.74) is 0. The van der Waals surface area contributed by atoms with Gasteiger partial charge in [-0.15, -0.1) is 0 Å². The number of aromatic nitrogens is 1. The van der Waals surface area contributed by atoms with Crippen molar-refractivity contribution < 1.29 is 22.7 Å². The largest absolute Gasteiger partial charge is 0.497 e. The van der Waals surface area contributed by atoms with Crippen LogP contribution in [0.2, 0.25) is 0 Å². The molecule has 0 saturated carbocycles.